The van der Waals surface area contributed by atoms with Crippen LogP contribution < -0.4 is 5.56 Å². The fourth-order valence-corrected chi connectivity index (χ4v) is 2.62. The lowest BCUT2D eigenvalue weighted by Crippen LogP contribution is -2.14. The number of nitrogens with one attached hydrogen (secondary N) is 1. The van der Waals surface area contributed by atoms with E-state index < -0.39 is 0 Å². The Bertz CT molecular complexity index is 965. The summed E-state index contributed by atoms with van der Waals surface area (Å²) in [6.45, 7) is 0. The molecule has 0 unspecified atom stereocenters. The Morgan fingerprint density at radius 2 is 1.55 bits per heavy atom. The van der Waals surface area contributed by atoms with Crippen molar-refractivity contribution in [3.63, 3.8) is 0 Å². The number of hydrogen-bond acceptors (Lipinski definition) is 1. The van der Waals surface area contributed by atoms with Crippen molar-refractivity contribution < 1.29 is 0 Å². The van der Waals surface area contributed by atoms with Gasteiger partial charge in [-0.05, 0) is 29.8 Å². The largest absolute Gasteiger partial charge is 0.340 e. The number of hydrogen-bond donors (Lipinski definition) is 1. The fraction of sp³-hybridized carbons (Fsp3) is 0. The highest BCUT2D eigenvalue weighted by atomic mass is 16.1. The summed E-state index contributed by atoms with van der Waals surface area (Å²) in [4.78, 5) is 16.0. The third-order valence-corrected chi connectivity index (χ3v) is 3.57. The number of fused-ring (bicyclic) bond motifs is 3. The topological polar surface area (TPSA) is 37.3 Å². The molecule has 4 rings (SSSR count). The first-order chi connectivity index (χ1) is 9.84. The summed E-state index contributed by atoms with van der Waals surface area (Å²) in [5.74, 6) is 0. The maximum absolute atomic E-state index is 12.7. The fourth-order valence-electron chi connectivity index (χ4n) is 2.62. The summed E-state index contributed by atoms with van der Waals surface area (Å²) < 4.78 is 1.73. The lowest BCUT2D eigenvalue weighted by atomic mass is 10.1. The van der Waals surface area contributed by atoms with E-state index >= 15 is 0 Å². The van der Waals surface area contributed by atoms with Crippen molar-refractivity contribution in [1.82, 2.24) is 9.38 Å². The van der Waals surface area contributed by atoms with E-state index in [1.165, 1.54) is 0 Å². The van der Waals surface area contributed by atoms with E-state index in [-0.39, 0.29) is 5.56 Å². The smallest absolute Gasteiger partial charge is 0.264 e. The lowest BCUT2D eigenvalue weighted by Gasteiger charge is -2.02. The van der Waals surface area contributed by atoms with Crippen LogP contribution in [0.4, 0.5) is 0 Å². The number of nitrogens with zero attached hydrogens (tertiary/aromatic N) is 1. The molecule has 0 radical (unpaired) electrons. The molecule has 0 spiro atoms. The molecule has 0 bridgehead atoms. The Hall–Kier alpha value is -2.81. The van der Waals surface area contributed by atoms with Crippen LogP contribution in [0.15, 0.2) is 71.5 Å². The molecule has 0 fully saturated rings. The minimum absolute atomic E-state index is 0.00569. The van der Waals surface area contributed by atoms with Gasteiger partial charge in [0.15, 0.2) is 0 Å². The van der Waals surface area contributed by atoms with Crippen molar-refractivity contribution in [3.8, 4) is 11.1 Å². The number of aromatic amines is 1. The van der Waals surface area contributed by atoms with Crippen molar-refractivity contribution in [2.75, 3.05) is 0 Å². The van der Waals surface area contributed by atoms with Gasteiger partial charge in [-0.3, -0.25) is 9.20 Å². The predicted octanol–water partition coefficient (Wildman–Crippen LogP) is 3.45. The predicted molar refractivity (Wildman–Crippen MR) is 81.0 cm³/mol. The van der Waals surface area contributed by atoms with Crippen LogP contribution in [-0.2, 0) is 0 Å². The van der Waals surface area contributed by atoms with Gasteiger partial charge < -0.3 is 4.98 Å². The second-order valence-electron chi connectivity index (χ2n) is 4.78. The van der Waals surface area contributed by atoms with E-state index in [0.717, 1.165) is 22.2 Å². The normalized spacial score (nSPS) is 11.2. The monoisotopic (exact) mass is 260 g/mol. The number of H-pyrrole nitrogens is 1. The highest BCUT2D eigenvalue weighted by molar-refractivity contribution is 5.81. The second-order valence-corrected chi connectivity index (χ2v) is 4.78. The first kappa shape index (κ1) is 11.1. The minimum atomic E-state index is 0.00569. The van der Waals surface area contributed by atoms with Gasteiger partial charge in [-0.15, -0.1) is 0 Å². The summed E-state index contributed by atoms with van der Waals surface area (Å²) in [6, 6.07) is 21.4. The minimum Gasteiger partial charge on any atom is -0.340 e. The number of rotatable bonds is 1. The summed E-state index contributed by atoms with van der Waals surface area (Å²) in [5, 5.41) is 0. The highest BCUT2D eigenvalue weighted by Gasteiger charge is 2.09. The summed E-state index contributed by atoms with van der Waals surface area (Å²) >= 11 is 0. The zero-order valence-corrected chi connectivity index (χ0v) is 10.7. The van der Waals surface area contributed by atoms with Crippen molar-refractivity contribution in [3.05, 3.63) is 77.1 Å². The molecular formula is C17H12N2O. The van der Waals surface area contributed by atoms with Crippen LogP contribution in [0.25, 0.3) is 27.8 Å². The third kappa shape index (κ3) is 1.50. The Morgan fingerprint density at radius 3 is 2.40 bits per heavy atom. The SMILES string of the molecule is O=c1c(-c2ccccc2)ccc2[nH]c3ccccc3n12. The van der Waals surface area contributed by atoms with E-state index in [9.17, 15) is 4.79 Å². The van der Waals surface area contributed by atoms with E-state index in [4.69, 9.17) is 0 Å². The molecule has 1 N–H and O–H groups in total. The van der Waals surface area contributed by atoms with Crippen LogP contribution in [0, 0.1) is 0 Å². The zero-order valence-electron chi connectivity index (χ0n) is 10.7. The van der Waals surface area contributed by atoms with Crippen LogP contribution >= 0.6 is 0 Å². The van der Waals surface area contributed by atoms with Gasteiger partial charge in [0.1, 0.15) is 5.65 Å². The van der Waals surface area contributed by atoms with Crippen molar-refractivity contribution in [2.45, 2.75) is 0 Å². The van der Waals surface area contributed by atoms with Crippen molar-refractivity contribution >= 4 is 16.7 Å². The third-order valence-electron chi connectivity index (χ3n) is 3.57. The van der Waals surface area contributed by atoms with Gasteiger partial charge in [0.2, 0.25) is 0 Å². The Kier molecular flexibility index (Phi) is 2.27. The lowest BCUT2D eigenvalue weighted by molar-refractivity contribution is 1.15. The van der Waals surface area contributed by atoms with Crippen LogP contribution in [0.3, 0.4) is 0 Å². The Labute approximate surface area is 115 Å². The second kappa shape index (κ2) is 4.10. The molecule has 0 saturated heterocycles. The molecule has 0 aliphatic heterocycles. The molecule has 0 aliphatic rings. The molecule has 4 aromatic rings. The van der Waals surface area contributed by atoms with E-state index in [0.29, 0.717) is 5.56 Å². The van der Waals surface area contributed by atoms with Gasteiger partial charge in [0, 0.05) is 5.56 Å². The van der Waals surface area contributed by atoms with E-state index in [2.05, 4.69) is 4.98 Å². The molecule has 2 aromatic heterocycles. The molecule has 0 saturated carbocycles. The Balaban J connectivity index is 2.13. The maximum Gasteiger partial charge on any atom is 0.264 e. The molecule has 20 heavy (non-hydrogen) atoms. The van der Waals surface area contributed by atoms with Crippen LogP contribution in [0.5, 0.6) is 0 Å². The molecule has 3 heteroatoms. The van der Waals surface area contributed by atoms with Gasteiger partial charge >= 0.3 is 0 Å². The van der Waals surface area contributed by atoms with Crippen LogP contribution in [-0.4, -0.2) is 9.38 Å². The number of benzene rings is 2. The van der Waals surface area contributed by atoms with E-state index in [1.54, 1.807) is 4.40 Å². The molecule has 2 heterocycles. The van der Waals surface area contributed by atoms with Gasteiger partial charge in [0.25, 0.3) is 5.56 Å². The summed E-state index contributed by atoms with van der Waals surface area (Å²) in [7, 11) is 0. The average molecular weight is 260 g/mol. The van der Waals surface area contributed by atoms with Crippen LogP contribution in [0.2, 0.25) is 0 Å². The standard InChI is InChI=1S/C17H12N2O/c20-17-13(12-6-2-1-3-7-12)10-11-16-18-14-8-4-5-9-15(14)19(16)17/h1-11,18H. The van der Waals surface area contributed by atoms with Gasteiger partial charge in [-0.1, -0.05) is 42.5 Å². The van der Waals surface area contributed by atoms with Gasteiger partial charge in [-0.2, -0.15) is 0 Å². The molecule has 96 valence electrons. The van der Waals surface area contributed by atoms with Crippen molar-refractivity contribution in [2.24, 2.45) is 0 Å². The number of para-hydroxylation sites is 2. The maximum atomic E-state index is 12.7. The van der Waals surface area contributed by atoms with Crippen molar-refractivity contribution in [1.29, 1.82) is 0 Å². The number of aromatic nitrogens is 2. The number of imidazole rings is 1. The molecule has 0 amide bonds. The van der Waals surface area contributed by atoms with Crippen LogP contribution in [0.1, 0.15) is 0 Å². The van der Waals surface area contributed by atoms with Gasteiger partial charge in [0.05, 0.1) is 11.0 Å². The molecule has 2 aromatic carbocycles. The summed E-state index contributed by atoms with van der Waals surface area (Å²) in [5.41, 5.74) is 4.35. The Morgan fingerprint density at radius 1 is 0.800 bits per heavy atom. The molecule has 3 nitrogen and oxygen atoms in total. The molecular weight excluding hydrogens is 248 g/mol. The first-order valence-corrected chi connectivity index (χ1v) is 6.52. The first-order valence-electron chi connectivity index (χ1n) is 6.52. The van der Waals surface area contributed by atoms with Gasteiger partial charge in [-0.25, -0.2) is 0 Å². The molecule has 0 atom stereocenters. The number of pyridine rings is 1. The highest BCUT2D eigenvalue weighted by Crippen LogP contribution is 2.19. The average Bonchev–Trinajstić information content (AvgIpc) is 2.88. The summed E-state index contributed by atoms with van der Waals surface area (Å²) in [6.07, 6.45) is 0. The van der Waals surface area contributed by atoms with E-state index in [1.807, 2.05) is 66.7 Å². The zero-order chi connectivity index (χ0) is 13.5. The quantitative estimate of drug-likeness (QED) is 0.559. The molecule has 0 aliphatic carbocycles.